The number of hydrogen-bond acceptors (Lipinski definition) is 4. The summed E-state index contributed by atoms with van der Waals surface area (Å²) < 4.78 is 4.84. The number of rotatable bonds is 2. The highest BCUT2D eigenvalue weighted by Gasteiger charge is 2.15. The fraction of sp³-hybridized carbons (Fsp3) is 0.444. The van der Waals surface area contributed by atoms with Gasteiger partial charge in [-0.15, -0.1) is 22.9 Å². The summed E-state index contributed by atoms with van der Waals surface area (Å²) in [5.74, 6) is -0.325. The molecule has 0 radical (unpaired) electrons. The summed E-state index contributed by atoms with van der Waals surface area (Å²) in [6, 6.07) is 0. The summed E-state index contributed by atoms with van der Waals surface area (Å²) in [5, 5.41) is 2.38. The van der Waals surface area contributed by atoms with Gasteiger partial charge in [0, 0.05) is 6.38 Å². The van der Waals surface area contributed by atoms with Crippen molar-refractivity contribution in [3.8, 4) is 0 Å². The van der Waals surface area contributed by atoms with E-state index in [4.69, 9.17) is 10.5 Å². The molecule has 0 aliphatic heterocycles. The molecule has 0 spiro atoms. The number of halogens is 1. The maximum atomic E-state index is 11.3. The number of ether oxygens (including phenoxy) is 1. The average Bonchev–Trinajstić information content (AvgIpc) is 2.50. The number of nitrogens with two attached hydrogens (primary N) is 1. The molecule has 5 heteroatoms. The molecule has 3 nitrogen and oxygen atoms in total. The molecular formula is C9H14ClNO2S. The van der Waals surface area contributed by atoms with Crippen LogP contribution in [0.2, 0.25) is 0 Å². The third kappa shape index (κ3) is 3.20. The highest BCUT2D eigenvalue weighted by Crippen LogP contribution is 2.24. The Balaban J connectivity index is 0.000000791. The second kappa shape index (κ2) is 6.68. The minimum Gasteiger partial charge on any atom is -0.462 e. The lowest BCUT2D eigenvalue weighted by molar-refractivity contribution is 0.0527. The summed E-state index contributed by atoms with van der Waals surface area (Å²) in [7, 11) is 0. The Morgan fingerprint density at radius 2 is 2.21 bits per heavy atom. The molecule has 1 rings (SSSR count). The quantitative estimate of drug-likeness (QED) is 0.634. The van der Waals surface area contributed by atoms with Crippen molar-refractivity contribution < 1.29 is 9.53 Å². The first-order chi connectivity index (χ1) is 6.66. The molecule has 14 heavy (non-hydrogen) atoms. The Hall–Kier alpha value is -0.740. The molecule has 0 unspecified atom stereocenters. The van der Waals surface area contributed by atoms with Crippen molar-refractivity contribution in [1.82, 2.24) is 0 Å². The fourth-order valence-electron chi connectivity index (χ4n) is 0.929. The van der Waals surface area contributed by atoms with E-state index in [0.29, 0.717) is 17.2 Å². The summed E-state index contributed by atoms with van der Waals surface area (Å²) in [6.07, 6.45) is 1.47. The minimum absolute atomic E-state index is 0.325. The molecule has 1 heterocycles. The summed E-state index contributed by atoms with van der Waals surface area (Å²) >= 11 is 6.00. The van der Waals surface area contributed by atoms with Crippen LogP contribution in [-0.2, 0) is 4.74 Å². The first kappa shape index (κ1) is 13.3. The number of nitrogen functional groups attached to an aromatic ring is 1. The van der Waals surface area contributed by atoms with Crippen LogP contribution in [0.3, 0.4) is 0 Å². The van der Waals surface area contributed by atoms with Gasteiger partial charge in [0.15, 0.2) is 0 Å². The second-order valence-corrected chi connectivity index (χ2v) is 3.29. The third-order valence-electron chi connectivity index (χ3n) is 1.48. The van der Waals surface area contributed by atoms with Gasteiger partial charge in [-0.3, -0.25) is 0 Å². The van der Waals surface area contributed by atoms with Gasteiger partial charge >= 0.3 is 5.97 Å². The molecule has 0 fully saturated rings. The number of carbonyl (C=O) groups excluding carboxylic acids is 1. The van der Waals surface area contributed by atoms with Gasteiger partial charge in [-0.2, -0.15) is 0 Å². The molecule has 0 atom stereocenters. The number of alkyl halides is 1. The van der Waals surface area contributed by atoms with Gasteiger partial charge in [-0.05, 0) is 24.8 Å². The van der Waals surface area contributed by atoms with Crippen molar-refractivity contribution >= 4 is 33.9 Å². The summed E-state index contributed by atoms with van der Waals surface area (Å²) in [4.78, 5) is 11.3. The van der Waals surface area contributed by atoms with E-state index in [-0.39, 0.29) is 5.97 Å². The average molecular weight is 236 g/mol. The van der Waals surface area contributed by atoms with E-state index in [0.717, 1.165) is 5.56 Å². The maximum absolute atomic E-state index is 11.3. The Morgan fingerprint density at radius 1 is 1.64 bits per heavy atom. The SMILES string of the molecule is CCOC(=O)c1c(C)csc1N.CCl. The van der Waals surface area contributed by atoms with Crippen molar-refractivity contribution in [3.05, 3.63) is 16.5 Å². The van der Waals surface area contributed by atoms with E-state index in [2.05, 4.69) is 11.6 Å². The predicted octanol–water partition coefficient (Wildman–Crippen LogP) is 2.67. The predicted molar refractivity (Wildman–Crippen MR) is 61.2 cm³/mol. The van der Waals surface area contributed by atoms with E-state index >= 15 is 0 Å². The lowest BCUT2D eigenvalue weighted by Gasteiger charge is -2.01. The molecule has 0 aliphatic rings. The molecule has 0 saturated heterocycles. The highest BCUT2D eigenvalue weighted by molar-refractivity contribution is 7.14. The number of hydrogen-bond donors (Lipinski definition) is 1. The van der Waals surface area contributed by atoms with Crippen molar-refractivity contribution in [1.29, 1.82) is 0 Å². The van der Waals surface area contributed by atoms with Crippen LogP contribution in [-0.4, -0.2) is 19.0 Å². The van der Waals surface area contributed by atoms with Crippen molar-refractivity contribution in [2.24, 2.45) is 0 Å². The zero-order chi connectivity index (χ0) is 11.1. The number of thiophene rings is 1. The van der Waals surface area contributed by atoms with Gasteiger partial charge in [0.25, 0.3) is 0 Å². The van der Waals surface area contributed by atoms with E-state index in [1.165, 1.54) is 17.7 Å². The Labute approximate surface area is 92.8 Å². The van der Waals surface area contributed by atoms with Crippen LogP contribution >= 0.6 is 22.9 Å². The highest BCUT2D eigenvalue weighted by atomic mass is 35.5. The van der Waals surface area contributed by atoms with Gasteiger partial charge in [-0.1, -0.05) is 0 Å². The zero-order valence-corrected chi connectivity index (χ0v) is 10.0. The molecule has 0 amide bonds. The Kier molecular flexibility index (Phi) is 6.32. The third-order valence-corrected chi connectivity index (χ3v) is 2.41. The Morgan fingerprint density at radius 3 is 2.57 bits per heavy atom. The summed E-state index contributed by atoms with van der Waals surface area (Å²) in [6.45, 7) is 4.00. The van der Waals surface area contributed by atoms with Crippen LogP contribution in [0.4, 0.5) is 5.00 Å². The first-order valence-corrected chi connectivity index (χ1v) is 5.68. The van der Waals surface area contributed by atoms with Crippen molar-refractivity contribution in [2.75, 3.05) is 18.7 Å². The normalized spacial score (nSPS) is 8.86. The fourth-order valence-corrected chi connectivity index (χ4v) is 1.71. The van der Waals surface area contributed by atoms with Crippen LogP contribution in [0, 0.1) is 6.92 Å². The van der Waals surface area contributed by atoms with Crippen LogP contribution in [0.25, 0.3) is 0 Å². The number of aryl methyl sites for hydroxylation is 1. The molecule has 1 aromatic heterocycles. The number of carbonyl (C=O) groups is 1. The molecule has 0 aliphatic carbocycles. The second-order valence-electron chi connectivity index (χ2n) is 2.38. The van der Waals surface area contributed by atoms with Crippen molar-refractivity contribution in [2.45, 2.75) is 13.8 Å². The van der Waals surface area contributed by atoms with Crippen LogP contribution in [0.5, 0.6) is 0 Å². The topological polar surface area (TPSA) is 52.3 Å². The first-order valence-electron chi connectivity index (χ1n) is 4.05. The van der Waals surface area contributed by atoms with Crippen LogP contribution in [0.15, 0.2) is 5.38 Å². The number of anilines is 1. The molecule has 0 aromatic carbocycles. The summed E-state index contributed by atoms with van der Waals surface area (Å²) in [5.41, 5.74) is 6.99. The van der Waals surface area contributed by atoms with E-state index in [1.54, 1.807) is 6.92 Å². The maximum Gasteiger partial charge on any atom is 0.341 e. The molecule has 2 N–H and O–H groups in total. The van der Waals surface area contributed by atoms with Gasteiger partial charge in [0.05, 0.1) is 12.2 Å². The largest absolute Gasteiger partial charge is 0.462 e. The molecule has 80 valence electrons. The van der Waals surface area contributed by atoms with Gasteiger partial charge in [-0.25, -0.2) is 4.79 Å². The van der Waals surface area contributed by atoms with Crippen LogP contribution in [0.1, 0.15) is 22.8 Å². The number of esters is 1. The standard InChI is InChI=1S/C8H11NO2S.CH3Cl/c1-3-11-8(10)6-5(2)4-12-7(6)9;1-2/h4H,3,9H2,1-2H3;1H3. The molecule has 0 saturated carbocycles. The van der Waals surface area contributed by atoms with E-state index in [1.807, 2.05) is 12.3 Å². The van der Waals surface area contributed by atoms with Crippen molar-refractivity contribution in [3.63, 3.8) is 0 Å². The van der Waals surface area contributed by atoms with Gasteiger partial charge in [0.1, 0.15) is 5.00 Å². The van der Waals surface area contributed by atoms with Crippen LogP contribution < -0.4 is 5.73 Å². The molecule has 0 bridgehead atoms. The zero-order valence-electron chi connectivity index (χ0n) is 8.46. The Bertz CT molecular complexity index is 280. The van der Waals surface area contributed by atoms with E-state index < -0.39 is 0 Å². The van der Waals surface area contributed by atoms with Gasteiger partial charge in [0.2, 0.25) is 0 Å². The van der Waals surface area contributed by atoms with Gasteiger partial charge < -0.3 is 10.5 Å². The minimum atomic E-state index is -0.325. The lowest BCUT2D eigenvalue weighted by Crippen LogP contribution is -2.06. The lowest BCUT2D eigenvalue weighted by atomic mass is 10.2. The smallest absolute Gasteiger partial charge is 0.341 e. The molecule has 1 aromatic rings. The monoisotopic (exact) mass is 235 g/mol. The van der Waals surface area contributed by atoms with E-state index in [9.17, 15) is 4.79 Å². The molecular weight excluding hydrogens is 222 g/mol.